The van der Waals surface area contributed by atoms with Crippen LogP contribution in [0.1, 0.15) is 32.3 Å². The number of ether oxygens (including phenoxy) is 1. The van der Waals surface area contributed by atoms with Crippen molar-refractivity contribution in [1.29, 1.82) is 5.41 Å². The molecule has 0 aromatic heterocycles. The maximum Gasteiger partial charge on any atom is 0.137 e. The molecule has 0 saturated heterocycles. The zero-order valence-corrected chi connectivity index (χ0v) is 10.3. The minimum absolute atomic E-state index is 0.0528. The van der Waals surface area contributed by atoms with Crippen molar-refractivity contribution in [3.05, 3.63) is 29.6 Å². The van der Waals surface area contributed by atoms with Gasteiger partial charge in [0.25, 0.3) is 0 Å². The maximum atomic E-state index is 13.4. The second-order valence-corrected chi connectivity index (χ2v) is 4.41. The van der Waals surface area contributed by atoms with E-state index in [0.717, 1.165) is 12.8 Å². The first-order valence-electron chi connectivity index (χ1n) is 5.78. The zero-order valence-electron chi connectivity index (χ0n) is 10.3. The summed E-state index contributed by atoms with van der Waals surface area (Å²) < 4.78 is 18.9. The summed E-state index contributed by atoms with van der Waals surface area (Å²) in [4.78, 5) is 0. The topological polar surface area (TPSA) is 59.1 Å². The number of benzene rings is 1. The fraction of sp³-hybridized carbons (Fsp3) is 0.462. The van der Waals surface area contributed by atoms with Gasteiger partial charge in [0.1, 0.15) is 17.4 Å². The number of rotatable bonds is 6. The van der Waals surface area contributed by atoms with E-state index in [9.17, 15) is 4.39 Å². The molecule has 1 aromatic carbocycles. The molecule has 0 radical (unpaired) electrons. The van der Waals surface area contributed by atoms with Crippen molar-refractivity contribution in [3.63, 3.8) is 0 Å². The molecular formula is C13H19FN2O. The first-order valence-corrected chi connectivity index (χ1v) is 5.78. The second kappa shape index (κ2) is 6.23. The third kappa shape index (κ3) is 4.06. The van der Waals surface area contributed by atoms with E-state index in [1.165, 1.54) is 6.07 Å². The van der Waals surface area contributed by atoms with Gasteiger partial charge in [-0.1, -0.05) is 19.9 Å². The third-order valence-electron chi connectivity index (χ3n) is 2.43. The number of halogens is 1. The molecule has 0 aliphatic heterocycles. The average molecular weight is 238 g/mol. The molecule has 0 fully saturated rings. The lowest BCUT2D eigenvalue weighted by Gasteiger charge is -2.11. The van der Waals surface area contributed by atoms with Crippen LogP contribution in [0.4, 0.5) is 4.39 Å². The number of nitrogens with one attached hydrogen (secondary N) is 1. The fourth-order valence-corrected chi connectivity index (χ4v) is 1.56. The van der Waals surface area contributed by atoms with Gasteiger partial charge in [-0.3, -0.25) is 5.41 Å². The second-order valence-electron chi connectivity index (χ2n) is 4.41. The maximum absolute atomic E-state index is 13.4. The minimum Gasteiger partial charge on any atom is -0.493 e. The van der Waals surface area contributed by atoms with Crippen LogP contribution in [0.25, 0.3) is 0 Å². The molecular weight excluding hydrogens is 219 g/mol. The van der Waals surface area contributed by atoms with Gasteiger partial charge in [0.2, 0.25) is 0 Å². The van der Waals surface area contributed by atoms with Gasteiger partial charge in [-0.15, -0.1) is 0 Å². The molecule has 0 aliphatic carbocycles. The zero-order chi connectivity index (χ0) is 12.8. The van der Waals surface area contributed by atoms with Gasteiger partial charge in [-0.05, 0) is 30.9 Å². The molecule has 3 N–H and O–H groups in total. The standard InChI is InChI=1S/C13H19FN2O/c1-9(2)5-4-8-17-11-7-3-6-10(14)12(11)13(15)16/h3,6-7,9H,4-5,8H2,1-2H3,(H3,15,16). The Labute approximate surface area is 101 Å². The minimum atomic E-state index is -0.515. The van der Waals surface area contributed by atoms with Crippen LogP contribution in [0.5, 0.6) is 5.75 Å². The summed E-state index contributed by atoms with van der Waals surface area (Å²) in [5.41, 5.74) is 5.38. The van der Waals surface area contributed by atoms with E-state index in [1.54, 1.807) is 12.1 Å². The van der Waals surface area contributed by atoms with E-state index in [4.69, 9.17) is 15.9 Å². The number of hydrogen-bond donors (Lipinski definition) is 2. The molecule has 3 nitrogen and oxygen atoms in total. The highest BCUT2D eigenvalue weighted by molar-refractivity contribution is 5.97. The van der Waals surface area contributed by atoms with E-state index in [1.807, 2.05) is 0 Å². The molecule has 94 valence electrons. The molecule has 0 bridgehead atoms. The summed E-state index contributed by atoms with van der Waals surface area (Å²) in [7, 11) is 0. The summed E-state index contributed by atoms with van der Waals surface area (Å²) in [6.07, 6.45) is 1.97. The van der Waals surface area contributed by atoms with E-state index in [0.29, 0.717) is 18.3 Å². The number of amidine groups is 1. The highest BCUT2D eigenvalue weighted by Crippen LogP contribution is 2.21. The Morgan fingerprint density at radius 3 is 2.76 bits per heavy atom. The van der Waals surface area contributed by atoms with Crippen LogP contribution in [-0.4, -0.2) is 12.4 Å². The fourth-order valence-electron chi connectivity index (χ4n) is 1.56. The van der Waals surface area contributed by atoms with Crippen molar-refractivity contribution in [1.82, 2.24) is 0 Å². The smallest absolute Gasteiger partial charge is 0.137 e. The highest BCUT2D eigenvalue weighted by atomic mass is 19.1. The Morgan fingerprint density at radius 2 is 2.18 bits per heavy atom. The number of nitrogens with two attached hydrogens (primary N) is 1. The highest BCUT2D eigenvalue weighted by Gasteiger charge is 2.12. The van der Waals surface area contributed by atoms with Crippen LogP contribution < -0.4 is 10.5 Å². The predicted octanol–water partition coefficient (Wildman–Crippen LogP) is 2.92. The molecule has 4 heteroatoms. The summed E-state index contributed by atoms with van der Waals surface area (Å²) in [5, 5.41) is 7.32. The van der Waals surface area contributed by atoms with E-state index >= 15 is 0 Å². The summed E-state index contributed by atoms with van der Waals surface area (Å²) in [5.74, 6) is 0.153. The van der Waals surface area contributed by atoms with Gasteiger partial charge < -0.3 is 10.5 Å². The molecule has 1 rings (SSSR count). The molecule has 0 spiro atoms. The predicted molar refractivity (Wildman–Crippen MR) is 67.0 cm³/mol. The van der Waals surface area contributed by atoms with E-state index in [-0.39, 0.29) is 11.4 Å². The van der Waals surface area contributed by atoms with Gasteiger partial charge in [0.05, 0.1) is 12.2 Å². The van der Waals surface area contributed by atoms with Crippen molar-refractivity contribution in [2.75, 3.05) is 6.61 Å². The monoisotopic (exact) mass is 238 g/mol. The van der Waals surface area contributed by atoms with Crippen molar-refractivity contribution in [2.45, 2.75) is 26.7 Å². The lowest BCUT2D eigenvalue weighted by atomic mass is 10.1. The van der Waals surface area contributed by atoms with Gasteiger partial charge >= 0.3 is 0 Å². The largest absolute Gasteiger partial charge is 0.493 e. The first-order chi connectivity index (χ1) is 8.02. The Kier molecular flexibility index (Phi) is 4.94. The molecule has 1 aromatic rings. The summed E-state index contributed by atoms with van der Waals surface area (Å²) in [6.45, 7) is 4.80. The molecule has 0 unspecified atom stereocenters. The Balaban J connectivity index is 2.64. The molecule has 17 heavy (non-hydrogen) atoms. The van der Waals surface area contributed by atoms with Crippen LogP contribution in [0, 0.1) is 17.1 Å². The molecule has 0 amide bonds. The van der Waals surface area contributed by atoms with Crippen molar-refractivity contribution in [3.8, 4) is 5.75 Å². The van der Waals surface area contributed by atoms with Gasteiger partial charge in [-0.25, -0.2) is 4.39 Å². The van der Waals surface area contributed by atoms with Gasteiger partial charge in [-0.2, -0.15) is 0 Å². The van der Waals surface area contributed by atoms with Crippen LogP contribution in [-0.2, 0) is 0 Å². The van der Waals surface area contributed by atoms with Crippen molar-refractivity contribution < 1.29 is 9.13 Å². The average Bonchev–Trinajstić information content (AvgIpc) is 2.23. The van der Waals surface area contributed by atoms with Gasteiger partial charge in [0, 0.05) is 0 Å². The van der Waals surface area contributed by atoms with Crippen LogP contribution in [0.2, 0.25) is 0 Å². The lowest BCUT2D eigenvalue weighted by Crippen LogP contribution is -2.15. The lowest BCUT2D eigenvalue weighted by molar-refractivity contribution is 0.296. The summed E-state index contributed by atoms with van der Waals surface area (Å²) in [6, 6.07) is 4.46. The van der Waals surface area contributed by atoms with Crippen molar-refractivity contribution in [2.24, 2.45) is 11.7 Å². The SMILES string of the molecule is CC(C)CCCOc1cccc(F)c1C(=N)N. The van der Waals surface area contributed by atoms with E-state index < -0.39 is 5.82 Å². The quantitative estimate of drug-likeness (QED) is 0.455. The third-order valence-corrected chi connectivity index (χ3v) is 2.43. The first kappa shape index (κ1) is 13.5. The van der Waals surface area contributed by atoms with Crippen LogP contribution in [0.15, 0.2) is 18.2 Å². The molecule has 0 saturated carbocycles. The van der Waals surface area contributed by atoms with Gasteiger partial charge in [0.15, 0.2) is 0 Å². The summed E-state index contributed by atoms with van der Waals surface area (Å²) >= 11 is 0. The Bertz CT molecular complexity index is 391. The number of nitrogen functional groups attached to an aromatic ring is 1. The van der Waals surface area contributed by atoms with Crippen molar-refractivity contribution >= 4 is 5.84 Å². The van der Waals surface area contributed by atoms with Crippen LogP contribution in [0.3, 0.4) is 0 Å². The Hall–Kier alpha value is -1.58. The normalized spacial score (nSPS) is 10.6. The molecule has 0 aliphatic rings. The number of hydrogen-bond acceptors (Lipinski definition) is 2. The van der Waals surface area contributed by atoms with E-state index in [2.05, 4.69) is 13.8 Å². The molecule has 0 atom stereocenters. The van der Waals surface area contributed by atoms with Crippen LogP contribution >= 0.6 is 0 Å². The molecule has 0 heterocycles. The Morgan fingerprint density at radius 1 is 1.47 bits per heavy atom.